The monoisotopic (exact) mass is 283 g/mol. The molecule has 1 amide bonds. The van der Waals surface area contributed by atoms with E-state index in [-0.39, 0.29) is 12.0 Å². The quantitative estimate of drug-likeness (QED) is 0.842. The standard InChI is InChI=1S/C11H13N3O2S2/c1-11(2,5-7(12)15)14-9(16)6-3-4-18-8(6)13-10(14)17/h3-4H,5H2,1-2H3,(H2,12,15)(H,13,17). The number of thiophene rings is 1. The molecule has 2 aromatic heterocycles. The number of hydrogen-bond donors (Lipinski definition) is 2. The number of carbonyl (C=O) groups is 1. The molecule has 0 aliphatic heterocycles. The predicted octanol–water partition coefficient (Wildman–Crippen LogP) is 1.73. The van der Waals surface area contributed by atoms with Crippen LogP contribution in [0.15, 0.2) is 16.2 Å². The number of nitrogens with zero attached hydrogens (tertiary/aromatic N) is 1. The number of hydrogen-bond acceptors (Lipinski definition) is 4. The van der Waals surface area contributed by atoms with Crippen LogP contribution in [0.4, 0.5) is 0 Å². The maximum Gasteiger partial charge on any atom is 0.263 e. The molecule has 0 spiro atoms. The van der Waals surface area contributed by atoms with Gasteiger partial charge >= 0.3 is 0 Å². The van der Waals surface area contributed by atoms with Gasteiger partial charge in [-0.3, -0.25) is 14.2 Å². The lowest BCUT2D eigenvalue weighted by Gasteiger charge is -2.26. The second kappa shape index (κ2) is 4.33. The highest BCUT2D eigenvalue weighted by Crippen LogP contribution is 2.21. The number of aromatic amines is 1. The van der Waals surface area contributed by atoms with Gasteiger partial charge in [-0.1, -0.05) is 0 Å². The molecule has 3 N–H and O–H groups in total. The van der Waals surface area contributed by atoms with Crippen molar-refractivity contribution in [1.82, 2.24) is 9.55 Å². The van der Waals surface area contributed by atoms with E-state index in [2.05, 4.69) is 4.98 Å². The third-order valence-electron chi connectivity index (χ3n) is 2.73. The second-order valence-corrected chi connectivity index (χ2v) is 5.99. The van der Waals surface area contributed by atoms with E-state index >= 15 is 0 Å². The van der Waals surface area contributed by atoms with Gasteiger partial charge in [0.05, 0.1) is 10.9 Å². The van der Waals surface area contributed by atoms with Crippen LogP contribution in [0.1, 0.15) is 20.3 Å². The summed E-state index contributed by atoms with van der Waals surface area (Å²) in [5.74, 6) is -0.466. The van der Waals surface area contributed by atoms with Crippen molar-refractivity contribution in [3.63, 3.8) is 0 Å². The second-order valence-electron chi connectivity index (χ2n) is 4.69. The fourth-order valence-corrected chi connectivity index (χ4v) is 3.27. The first-order valence-electron chi connectivity index (χ1n) is 5.34. The maximum atomic E-state index is 12.4. The molecule has 0 bridgehead atoms. The van der Waals surface area contributed by atoms with E-state index in [0.717, 1.165) is 4.83 Å². The number of primary amides is 1. The molecule has 0 saturated carbocycles. The highest BCUT2D eigenvalue weighted by atomic mass is 32.1. The lowest BCUT2D eigenvalue weighted by Crippen LogP contribution is -2.40. The van der Waals surface area contributed by atoms with Crippen molar-refractivity contribution in [2.75, 3.05) is 0 Å². The molecule has 0 aliphatic rings. The van der Waals surface area contributed by atoms with Crippen LogP contribution in [-0.4, -0.2) is 15.5 Å². The van der Waals surface area contributed by atoms with Gasteiger partial charge in [-0.05, 0) is 37.5 Å². The fraction of sp³-hybridized carbons (Fsp3) is 0.364. The summed E-state index contributed by atoms with van der Waals surface area (Å²) >= 11 is 6.62. The number of aromatic nitrogens is 2. The van der Waals surface area contributed by atoms with Crippen molar-refractivity contribution in [1.29, 1.82) is 0 Å². The van der Waals surface area contributed by atoms with Crippen LogP contribution in [0.3, 0.4) is 0 Å². The Morgan fingerprint density at radius 1 is 1.61 bits per heavy atom. The summed E-state index contributed by atoms with van der Waals surface area (Å²) in [6, 6.07) is 1.74. The van der Waals surface area contributed by atoms with Crippen molar-refractivity contribution in [2.24, 2.45) is 5.73 Å². The van der Waals surface area contributed by atoms with Gasteiger partial charge in [0.15, 0.2) is 4.77 Å². The molecule has 0 fully saturated rings. The van der Waals surface area contributed by atoms with Gasteiger partial charge in [-0.25, -0.2) is 0 Å². The number of nitrogens with two attached hydrogens (primary N) is 1. The number of amides is 1. The van der Waals surface area contributed by atoms with E-state index in [9.17, 15) is 9.59 Å². The van der Waals surface area contributed by atoms with Gasteiger partial charge in [0.25, 0.3) is 5.56 Å². The average molecular weight is 283 g/mol. The number of rotatable bonds is 3. The largest absolute Gasteiger partial charge is 0.370 e. The van der Waals surface area contributed by atoms with E-state index in [1.54, 1.807) is 19.9 Å². The molecule has 2 heterocycles. The van der Waals surface area contributed by atoms with Crippen molar-refractivity contribution in [3.05, 3.63) is 26.6 Å². The molecule has 2 aromatic rings. The molecule has 0 unspecified atom stereocenters. The average Bonchev–Trinajstić information content (AvgIpc) is 2.62. The zero-order valence-corrected chi connectivity index (χ0v) is 11.7. The van der Waals surface area contributed by atoms with Crippen molar-refractivity contribution in [3.8, 4) is 0 Å². The third-order valence-corrected chi connectivity index (χ3v) is 3.85. The zero-order valence-electron chi connectivity index (χ0n) is 10.0. The molecule has 7 heteroatoms. The van der Waals surface area contributed by atoms with Crippen LogP contribution in [0.25, 0.3) is 10.2 Å². The minimum absolute atomic E-state index is 0.0556. The Morgan fingerprint density at radius 3 is 2.89 bits per heavy atom. The van der Waals surface area contributed by atoms with Gasteiger partial charge < -0.3 is 10.7 Å². The van der Waals surface area contributed by atoms with E-state index in [1.807, 2.05) is 5.38 Å². The predicted molar refractivity (Wildman–Crippen MR) is 74.4 cm³/mol. The van der Waals surface area contributed by atoms with Crippen molar-refractivity contribution in [2.45, 2.75) is 25.8 Å². The van der Waals surface area contributed by atoms with Gasteiger partial charge in [-0.15, -0.1) is 11.3 Å². The van der Waals surface area contributed by atoms with E-state index in [1.165, 1.54) is 15.9 Å². The Hall–Kier alpha value is -1.47. The van der Waals surface area contributed by atoms with Crippen LogP contribution >= 0.6 is 23.6 Å². The van der Waals surface area contributed by atoms with E-state index < -0.39 is 11.4 Å². The topological polar surface area (TPSA) is 80.9 Å². The normalized spacial score (nSPS) is 11.9. The summed E-state index contributed by atoms with van der Waals surface area (Å²) in [6.45, 7) is 3.53. The summed E-state index contributed by atoms with van der Waals surface area (Å²) < 4.78 is 1.73. The fourth-order valence-electron chi connectivity index (χ4n) is 2.00. The third kappa shape index (κ3) is 2.11. The zero-order chi connectivity index (χ0) is 13.5. The molecule has 96 valence electrons. The summed E-state index contributed by atoms with van der Waals surface area (Å²) in [5.41, 5.74) is 4.28. The Balaban J connectivity index is 2.74. The summed E-state index contributed by atoms with van der Waals surface area (Å²) in [5, 5.41) is 2.40. The Bertz CT molecular complexity index is 724. The Kier molecular flexibility index (Phi) is 3.12. The molecular weight excluding hydrogens is 270 g/mol. The number of fused-ring (bicyclic) bond motifs is 1. The first-order chi connectivity index (χ1) is 8.33. The summed E-state index contributed by atoms with van der Waals surface area (Å²) in [4.78, 5) is 27.2. The summed E-state index contributed by atoms with van der Waals surface area (Å²) in [6.07, 6.45) is 0.0556. The lowest BCUT2D eigenvalue weighted by atomic mass is 10.00. The minimum Gasteiger partial charge on any atom is -0.370 e. The van der Waals surface area contributed by atoms with Crippen LogP contribution in [0, 0.1) is 4.77 Å². The molecule has 2 rings (SSSR count). The SMILES string of the molecule is CC(C)(CC(N)=O)n1c(=S)[nH]c2sccc2c1=O. The highest BCUT2D eigenvalue weighted by molar-refractivity contribution is 7.71. The lowest BCUT2D eigenvalue weighted by molar-refractivity contribution is -0.119. The van der Waals surface area contributed by atoms with Gasteiger partial charge in [-0.2, -0.15) is 0 Å². The van der Waals surface area contributed by atoms with Gasteiger partial charge in [0.1, 0.15) is 4.83 Å². The Labute approximate surface area is 112 Å². The van der Waals surface area contributed by atoms with E-state index in [4.69, 9.17) is 18.0 Å². The highest BCUT2D eigenvalue weighted by Gasteiger charge is 2.26. The molecule has 0 aliphatic carbocycles. The first-order valence-corrected chi connectivity index (χ1v) is 6.63. The van der Waals surface area contributed by atoms with Crippen LogP contribution < -0.4 is 11.3 Å². The minimum atomic E-state index is -0.743. The smallest absolute Gasteiger partial charge is 0.263 e. The number of H-pyrrole nitrogens is 1. The molecule has 18 heavy (non-hydrogen) atoms. The molecule has 0 radical (unpaired) electrons. The van der Waals surface area contributed by atoms with Crippen LogP contribution in [-0.2, 0) is 10.3 Å². The maximum absolute atomic E-state index is 12.4. The van der Waals surface area contributed by atoms with Crippen molar-refractivity contribution < 1.29 is 4.79 Å². The molecule has 0 aromatic carbocycles. The van der Waals surface area contributed by atoms with Gasteiger partial charge in [0.2, 0.25) is 5.91 Å². The molecular formula is C11H13N3O2S2. The number of nitrogens with one attached hydrogen (secondary N) is 1. The van der Waals surface area contributed by atoms with Gasteiger partial charge in [0, 0.05) is 6.42 Å². The van der Waals surface area contributed by atoms with E-state index in [0.29, 0.717) is 10.2 Å². The van der Waals surface area contributed by atoms with Crippen LogP contribution in [0.2, 0.25) is 0 Å². The summed E-state index contributed by atoms with van der Waals surface area (Å²) in [7, 11) is 0. The molecule has 0 saturated heterocycles. The van der Waals surface area contributed by atoms with Crippen LogP contribution in [0.5, 0.6) is 0 Å². The Morgan fingerprint density at radius 2 is 2.28 bits per heavy atom. The number of carbonyl (C=O) groups excluding carboxylic acids is 1. The molecule has 0 atom stereocenters. The molecule has 5 nitrogen and oxygen atoms in total. The van der Waals surface area contributed by atoms with Crippen molar-refractivity contribution >= 4 is 39.7 Å². The first kappa shape index (κ1) is 13.0.